The van der Waals surface area contributed by atoms with Crippen LogP contribution in [0.15, 0.2) is 85.5 Å². The fraction of sp³-hybridized carbons (Fsp3) is 0.125. The molecular formula is C32H24Cl5N7. The lowest BCUT2D eigenvalue weighted by molar-refractivity contribution is 0.623. The van der Waals surface area contributed by atoms with E-state index in [0.717, 1.165) is 55.4 Å². The predicted octanol–water partition coefficient (Wildman–Crippen LogP) is 9.47. The first-order chi connectivity index (χ1) is 21.2. The number of fused-ring (bicyclic) bond motifs is 2. The highest BCUT2D eigenvalue weighted by atomic mass is 35.5. The van der Waals surface area contributed by atoms with Crippen LogP contribution >= 0.6 is 58.0 Å². The van der Waals surface area contributed by atoms with Crippen molar-refractivity contribution in [3.05, 3.63) is 117 Å². The van der Waals surface area contributed by atoms with E-state index >= 15 is 0 Å². The Bertz CT molecular complexity index is 2120. The maximum atomic E-state index is 6.38. The fourth-order valence-corrected chi connectivity index (χ4v) is 6.54. The highest BCUT2D eigenvalue weighted by Gasteiger charge is 2.16. The van der Waals surface area contributed by atoms with Crippen LogP contribution in [-0.4, -0.2) is 34.3 Å². The minimum atomic E-state index is 0.421. The summed E-state index contributed by atoms with van der Waals surface area (Å²) in [6.07, 6.45) is 3.22. The van der Waals surface area contributed by atoms with Crippen LogP contribution in [0, 0.1) is 0 Å². The molecule has 3 aromatic heterocycles. The van der Waals surface area contributed by atoms with Crippen molar-refractivity contribution >= 4 is 79.8 Å². The molecule has 0 aliphatic carbocycles. The average molecular weight is 684 g/mol. The minimum absolute atomic E-state index is 0.421. The molecular weight excluding hydrogens is 660 g/mol. The summed E-state index contributed by atoms with van der Waals surface area (Å²) in [7, 11) is 3.82. The second-order valence-electron chi connectivity index (χ2n) is 10.0. The first-order valence-corrected chi connectivity index (χ1v) is 15.5. The Morgan fingerprint density at radius 3 is 1.64 bits per heavy atom. The summed E-state index contributed by atoms with van der Waals surface area (Å²) < 4.78 is 5.46. The third-order valence-electron chi connectivity index (χ3n) is 7.32. The molecule has 0 spiro atoms. The molecule has 0 unspecified atom stereocenters. The van der Waals surface area contributed by atoms with Crippen molar-refractivity contribution in [1.29, 1.82) is 0 Å². The molecule has 4 aromatic carbocycles. The Morgan fingerprint density at radius 2 is 1.16 bits per heavy atom. The zero-order valence-corrected chi connectivity index (χ0v) is 27.3. The number of alkyl halides is 1. The van der Waals surface area contributed by atoms with Crippen LogP contribution in [0.3, 0.4) is 0 Å². The van der Waals surface area contributed by atoms with E-state index in [2.05, 4.69) is 21.2 Å². The molecule has 7 nitrogen and oxygen atoms in total. The fourth-order valence-electron chi connectivity index (χ4n) is 5.20. The number of rotatable bonds is 5. The molecule has 0 saturated heterocycles. The van der Waals surface area contributed by atoms with E-state index < -0.39 is 0 Å². The predicted molar refractivity (Wildman–Crippen MR) is 181 cm³/mol. The van der Waals surface area contributed by atoms with Gasteiger partial charge in [0, 0.05) is 67.2 Å². The Labute approximate surface area is 278 Å². The number of hydrogen-bond acceptors (Lipinski definition) is 4. The topological polar surface area (TPSA) is 66.3 Å². The smallest absolute Gasteiger partial charge is 0.137 e. The standard InChI is InChI=1S/C17H13Cl2N5.C15H11Cl3N2/c1-23-16(8-24-10-20-9-21-24)14-4-2-3-13(17(14)22-23)12-6-5-11(18)7-15(12)19;1-20-14(8-16)12-4-2-3-11(15(12)19-20)10-6-5-9(17)7-13(10)18/h2-7,9-10H,8H2,1H3;2-7H,8H2,1H3. The molecule has 44 heavy (non-hydrogen) atoms. The van der Waals surface area contributed by atoms with E-state index in [1.165, 1.54) is 6.33 Å². The lowest BCUT2D eigenvalue weighted by Crippen LogP contribution is -2.06. The van der Waals surface area contributed by atoms with Gasteiger partial charge in [-0.3, -0.25) is 9.36 Å². The van der Waals surface area contributed by atoms with Gasteiger partial charge >= 0.3 is 0 Å². The van der Waals surface area contributed by atoms with Gasteiger partial charge in [-0.1, -0.05) is 94.9 Å². The highest BCUT2D eigenvalue weighted by molar-refractivity contribution is 6.37. The van der Waals surface area contributed by atoms with Crippen molar-refractivity contribution in [3.63, 3.8) is 0 Å². The van der Waals surface area contributed by atoms with Crippen molar-refractivity contribution < 1.29 is 0 Å². The molecule has 222 valence electrons. The molecule has 7 aromatic rings. The third-order valence-corrected chi connectivity index (χ3v) is 8.67. The molecule has 7 rings (SSSR count). The molecule has 0 radical (unpaired) electrons. The van der Waals surface area contributed by atoms with Crippen LogP contribution in [0.25, 0.3) is 44.1 Å². The summed E-state index contributed by atoms with van der Waals surface area (Å²) in [5, 5.41) is 18.0. The molecule has 0 fully saturated rings. The van der Waals surface area contributed by atoms with Gasteiger partial charge in [0.2, 0.25) is 0 Å². The molecule has 3 heterocycles. The van der Waals surface area contributed by atoms with Gasteiger partial charge in [-0.2, -0.15) is 15.3 Å². The summed E-state index contributed by atoms with van der Waals surface area (Å²) in [6, 6.07) is 23.1. The Kier molecular flexibility index (Phi) is 8.85. The average Bonchev–Trinajstić information content (AvgIpc) is 3.71. The third kappa shape index (κ3) is 5.91. The lowest BCUT2D eigenvalue weighted by atomic mass is 10.0. The van der Waals surface area contributed by atoms with Gasteiger partial charge in [-0.05, 0) is 24.3 Å². The van der Waals surface area contributed by atoms with E-state index in [1.807, 2.05) is 78.1 Å². The van der Waals surface area contributed by atoms with Crippen LogP contribution in [0.4, 0.5) is 0 Å². The van der Waals surface area contributed by atoms with E-state index in [1.54, 1.807) is 23.1 Å². The first kappa shape index (κ1) is 30.4. The zero-order valence-electron chi connectivity index (χ0n) is 23.5. The van der Waals surface area contributed by atoms with Crippen LogP contribution in [-0.2, 0) is 26.5 Å². The van der Waals surface area contributed by atoms with Crippen molar-refractivity contribution in [2.45, 2.75) is 12.4 Å². The maximum absolute atomic E-state index is 6.38. The molecule has 0 aliphatic heterocycles. The lowest BCUT2D eigenvalue weighted by Gasteiger charge is -2.06. The van der Waals surface area contributed by atoms with E-state index in [9.17, 15) is 0 Å². The molecule has 0 aliphatic rings. The molecule has 0 N–H and O–H groups in total. The van der Waals surface area contributed by atoms with Gasteiger partial charge in [0.25, 0.3) is 0 Å². The van der Waals surface area contributed by atoms with Crippen LogP contribution in [0.2, 0.25) is 20.1 Å². The van der Waals surface area contributed by atoms with Crippen LogP contribution in [0.1, 0.15) is 11.4 Å². The van der Waals surface area contributed by atoms with Gasteiger partial charge < -0.3 is 0 Å². The van der Waals surface area contributed by atoms with Gasteiger partial charge in [0.1, 0.15) is 23.7 Å². The highest BCUT2D eigenvalue weighted by Crippen LogP contribution is 2.37. The SMILES string of the molecule is Cn1nc2c(-c3ccc(Cl)cc3Cl)cccc2c1CCl.Cn1nc2c(-c3ccc(Cl)cc3Cl)cccc2c1Cn1cncn1. The minimum Gasteiger partial charge on any atom is -0.270 e. The quantitative estimate of drug-likeness (QED) is 0.170. The Hall–Kier alpha value is -3.59. The second kappa shape index (κ2) is 12.8. The number of aromatic nitrogens is 7. The molecule has 12 heteroatoms. The Balaban J connectivity index is 0.000000159. The molecule has 0 amide bonds. The number of benzene rings is 4. The van der Waals surface area contributed by atoms with Gasteiger partial charge in [0.05, 0.1) is 23.8 Å². The zero-order chi connectivity index (χ0) is 31.0. The number of nitrogens with zero attached hydrogens (tertiary/aromatic N) is 7. The molecule has 0 saturated carbocycles. The molecule has 0 bridgehead atoms. The summed E-state index contributed by atoms with van der Waals surface area (Å²) in [5.41, 5.74) is 7.65. The summed E-state index contributed by atoms with van der Waals surface area (Å²) in [6.45, 7) is 0.602. The Morgan fingerprint density at radius 1 is 0.636 bits per heavy atom. The van der Waals surface area contributed by atoms with Crippen molar-refractivity contribution in [2.75, 3.05) is 0 Å². The monoisotopic (exact) mass is 681 g/mol. The number of aryl methyl sites for hydroxylation is 2. The van der Waals surface area contributed by atoms with Crippen molar-refractivity contribution in [2.24, 2.45) is 14.1 Å². The largest absolute Gasteiger partial charge is 0.270 e. The van der Waals surface area contributed by atoms with Crippen LogP contribution in [0.5, 0.6) is 0 Å². The summed E-state index contributed by atoms with van der Waals surface area (Å²) in [4.78, 5) is 3.99. The van der Waals surface area contributed by atoms with Gasteiger partial charge in [-0.25, -0.2) is 9.67 Å². The van der Waals surface area contributed by atoms with Crippen molar-refractivity contribution in [1.82, 2.24) is 34.3 Å². The van der Waals surface area contributed by atoms with E-state index in [-0.39, 0.29) is 0 Å². The normalized spacial score (nSPS) is 11.2. The van der Waals surface area contributed by atoms with Crippen molar-refractivity contribution in [3.8, 4) is 22.3 Å². The van der Waals surface area contributed by atoms with Gasteiger partial charge in [0.15, 0.2) is 0 Å². The van der Waals surface area contributed by atoms with E-state index in [0.29, 0.717) is 32.5 Å². The van der Waals surface area contributed by atoms with E-state index in [4.69, 9.17) is 63.1 Å². The maximum Gasteiger partial charge on any atom is 0.137 e. The summed E-state index contributed by atoms with van der Waals surface area (Å²) in [5.74, 6) is 0.421. The number of hydrogen-bond donors (Lipinski definition) is 0. The summed E-state index contributed by atoms with van der Waals surface area (Å²) >= 11 is 30.6. The van der Waals surface area contributed by atoms with Crippen LogP contribution < -0.4 is 0 Å². The van der Waals surface area contributed by atoms with Gasteiger partial charge in [-0.15, -0.1) is 11.6 Å². The number of halogens is 5. The second-order valence-corrected chi connectivity index (χ2v) is 12.0. The first-order valence-electron chi connectivity index (χ1n) is 13.4. The molecule has 0 atom stereocenters.